The van der Waals surface area contributed by atoms with E-state index in [2.05, 4.69) is 10.3 Å². The molecular formula is C11H15N3O4S. The molecule has 7 nitrogen and oxygen atoms in total. The van der Waals surface area contributed by atoms with Gasteiger partial charge in [0.15, 0.2) is 5.13 Å². The molecule has 8 heteroatoms. The highest BCUT2D eigenvalue weighted by molar-refractivity contribution is 7.18. The number of nitrogens with zero attached hydrogens (tertiary/aromatic N) is 2. The molecule has 2 unspecified atom stereocenters. The summed E-state index contributed by atoms with van der Waals surface area (Å²) in [6.45, 7) is 0. The van der Waals surface area contributed by atoms with Crippen LogP contribution >= 0.6 is 11.3 Å². The summed E-state index contributed by atoms with van der Waals surface area (Å²) in [6, 6.07) is -0.203. The first-order valence-electron chi connectivity index (χ1n) is 6.17. The molecule has 1 aromatic heterocycles. The van der Waals surface area contributed by atoms with Crippen LogP contribution in [0.5, 0.6) is 0 Å². The molecule has 1 aliphatic carbocycles. The molecule has 104 valence electrons. The Morgan fingerprint density at radius 1 is 1.47 bits per heavy atom. The normalized spacial score (nSPS) is 23.6. The van der Waals surface area contributed by atoms with Crippen molar-refractivity contribution in [3.05, 3.63) is 16.3 Å². The number of thiazole rings is 1. The van der Waals surface area contributed by atoms with Crippen molar-refractivity contribution in [2.75, 3.05) is 5.32 Å². The first kappa shape index (κ1) is 13.7. The standard InChI is InChI=1S/C11H15N3O4S/c15-10(16)7-4-2-1-3-5-8(7)13-11-12-6-9(19-11)14(17)18/h6-8H,1-5H2,(H,12,13)(H,15,16). The molecule has 1 saturated carbocycles. The number of hydrogen-bond acceptors (Lipinski definition) is 6. The fraction of sp³-hybridized carbons (Fsp3) is 0.636. The second-order valence-corrected chi connectivity index (χ2v) is 5.60. The summed E-state index contributed by atoms with van der Waals surface area (Å²) in [5.41, 5.74) is 0. The molecular weight excluding hydrogens is 270 g/mol. The lowest BCUT2D eigenvalue weighted by Crippen LogP contribution is -2.33. The van der Waals surface area contributed by atoms with Crippen LogP contribution in [0.25, 0.3) is 0 Å². The molecule has 0 bridgehead atoms. The van der Waals surface area contributed by atoms with Gasteiger partial charge in [-0.05, 0) is 24.2 Å². The summed E-state index contributed by atoms with van der Waals surface area (Å²) in [7, 11) is 0. The van der Waals surface area contributed by atoms with Gasteiger partial charge < -0.3 is 10.4 Å². The van der Waals surface area contributed by atoms with E-state index >= 15 is 0 Å². The predicted octanol–water partition coefficient (Wildman–Crippen LogP) is 2.50. The number of aromatic nitrogens is 1. The molecule has 0 spiro atoms. The van der Waals surface area contributed by atoms with Crippen LogP contribution in [0.1, 0.15) is 32.1 Å². The molecule has 0 aromatic carbocycles. The van der Waals surface area contributed by atoms with E-state index in [0.717, 1.165) is 37.0 Å². The minimum Gasteiger partial charge on any atom is -0.481 e. The van der Waals surface area contributed by atoms with E-state index < -0.39 is 16.8 Å². The van der Waals surface area contributed by atoms with Gasteiger partial charge in [-0.15, -0.1) is 0 Å². The van der Waals surface area contributed by atoms with Gasteiger partial charge in [0.2, 0.25) is 0 Å². The zero-order valence-electron chi connectivity index (χ0n) is 10.2. The van der Waals surface area contributed by atoms with Crippen LogP contribution in [0.2, 0.25) is 0 Å². The maximum atomic E-state index is 11.3. The number of anilines is 1. The minimum absolute atomic E-state index is 0.0389. The fourth-order valence-corrected chi connectivity index (χ4v) is 3.05. The van der Waals surface area contributed by atoms with Gasteiger partial charge in [0.05, 0.1) is 10.8 Å². The number of nitro groups is 1. The Balaban J connectivity index is 2.09. The van der Waals surface area contributed by atoms with Crippen molar-refractivity contribution in [2.24, 2.45) is 5.92 Å². The maximum absolute atomic E-state index is 11.3. The second kappa shape index (κ2) is 5.96. The summed E-state index contributed by atoms with van der Waals surface area (Å²) in [5, 5.41) is 23.3. The van der Waals surface area contributed by atoms with Crippen LogP contribution in [0.3, 0.4) is 0 Å². The first-order chi connectivity index (χ1) is 9.08. The van der Waals surface area contributed by atoms with Gasteiger partial charge in [-0.3, -0.25) is 14.9 Å². The van der Waals surface area contributed by atoms with Crippen LogP contribution in [0.15, 0.2) is 6.20 Å². The van der Waals surface area contributed by atoms with E-state index in [-0.39, 0.29) is 11.0 Å². The van der Waals surface area contributed by atoms with E-state index in [1.165, 1.54) is 6.20 Å². The zero-order valence-corrected chi connectivity index (χ0v) is 11.1. The fourth-order valence-electron chi connectivity index (χ4n) is 2.35. The number of aliphatic carboxylic acids is 1. The largest absolute Gasteiger partial charge is 0.481 e. The van der Waals surface area contributed by atoms with Crippen LogP contribution in [-0.2, 0) is 4.79 Å². The smallest absolute Gasteiger partial charge is 0.345 e. The Bertz CT molecular complexity index is 476. The van der Waals surface area contributed by atoms with E-state index in [0.29, 0.717) is 11.6 Å². The highest BCUT2D eigenvalue weighted by Crippen LogP contribution is 2.30. The van der Waals surface area contributed by atoms with Gasteiger partial charge in [0, 0.05) is 6.04 Å². The Labute approximate surface area is 113 Å². The van der Waals surface area contributed by atoms with Crippen LogP contribution in [0, 0.1) is 16.0 Å². The number of nitrogens with one attached hydrogen (secondary N) is 1. The third kappa shape index (κ3) is 3.40. The maximum Gasteiger partial charge on any atom is 0.345 e. The summed E-state index contributed by atoms with van der Waals surface area (Å²) in [4.78, 5) is 25.3. The number of rotatable bonds is 4. The predicted molar refractivity (Wildman–Crippen MR) is 70.4 cm³/mol. The lowest BCUT2D eigenvalue weighted by atomic mass is 9.95. The number of hydrogen-bond donors (Lipinski definition) is 2. The summed E-state index contributed by atoms with van der Waals surface area (Å²) in [5.74, 6) is -1.27. The molecule has 0 amide bonds. The highest BCUT2D eigenvalue weighted by atomic mass is 32.1. The van der Waals surface area contributed by atoms with Gasteiger partial charge in [0.1, 0.15) is 6.20 Å². The van der Waals surface area contributed by atoms with Crippen molar-refractivity contribution in [3.63, 3.8) is 0 Å². The van der Waals surface area contributed by atoms with Gasteiger partial charge >= 0.3 is 11.0 Å². The lowest BCUT2D eigenvalue weighted by molar-refractivity contribution is -0.380. The van der Waals surface area contributed by atoms with Gasteiger partial charge in [0.25, 0.3) is 0 Å². The van der Waals surface area contributed by atoms with E-state index in [9.17, 15) is 20.0 Å². The summed E-state index contributed by atoms with van der Waals surface area (Å²) < 4.78 is 0. The van der Waals surface area contributed by atoms with Crippen LogP contribution in [0.4, 0.5) is 10.1 Å². The van der Waals surface area contributed by atoms with Gasteiger partial charge in [-0.1, -0.05) is 19.3 Å². The molecule has 2 atom stereocenters. The van der Waals surface area contributed by atoms with Crippen molar-refractivity contribution in [1.29, 1.82) is 0 Å². The Morgan fingerprint density at radius 3 is 2.84 bits per heavy atom. The van der Waals surface area contributed by atoms with Crippen molar-refractivity contribution in [2.45, 2.75) is 38.1 Å². The molecule has 0 aliphatic heterocycles. The molecule has 2 rings (SSSR count). The molecule has 1 aliphatic rings. The molecule has 19 heavy (non-hydrogen) atoms. The van der Waals surface area contributed by atoms with Crippen LogP contribution < -0.4 is 5.32 Å². The van der Waals surface area contributed by atoms with Gasteiger partial charge in [-0.25, -0.2) is 4.98 Å². The van der Waals surface area contributed by atoms with Crippen molar-refractivity contribution >= 4 is 27.4 Å². The number of carbonyl (C=O) groups is 1. The second-order valence-electron chi connectivity index (χ2n) is 4.59. The van der Waals surface area contributed by atoms with E-state index in [4.69, 9.17) is 0 Å². The third-order valence-corrected chi connectivity index (χ3v) is 4.20. The molecule has 2 N–H and O–H groups in total. The summed E-state index contributed by atoms with van der Waals surface area (Å²) in [6.07, 6.45) is 5.49. The highest BCUT2D eigenvalue weighted by Gasteiger charge is 2.30. The van der Waals surface area contributed by atoms with E-state index in [1.54, 1.807) is 0 Å². The topological polar surface area (TPSA) is 105 Å². The Hall–Kier alpha value is -1.70. The monoisotopic (exact) mass is 285 g/mol. The van der Waals surface area contributed by atoms with Crippen molar-refractivity contribution in [1.82, 2.24) is 4.98 Å². The quantitative estimate of drug-likeness (QED) is 0.500. The van der Waals surface area contributed by atoms with E-state index in [1.807, 2.05) is 0 Å². The van der Waals surface area contributed by atoms with Crippen molar-refractivity contribution in [3.8, 4) is 0 Å². The summed E-state index contributed by atoms with van der Waals surface area (Å²) >= 11 is 0.941. The molecule has 1 heterocycles. The number of carboxylic acid groups (broad SMARTS) is 1. The Morgan fingerprint density at radius 2 is 2.21 bits per heavy atom. The average Bonchev–Trinajstić information content (AvgIpc) is 2.68. The first-order valence-corrected chi connectivity index (χ1v) is 6.99. The molecule has 0 radical (unpaired) electrons. The Kier molecular flexibility index (Phi) is 4.31. The SMILES string of the molecule is O=C(O)C1CCCCCC1Nc1ncc([N+](=O)[O-])s1. The molecule has 0 saturated heterocycles. The zero-order chi connectivity index (χ0) is 13.8. The van der Waals surface area contributed by atoms with Crippen molar-refractivity contribution < 1.29 is 14.8 Å². The molecule has 1 fully saturated rings. The average molecular weight is 285 g/mol. The minimum atomic E-state index is -0.814. The van der Waals surface area contributed by atoms with Crippen LogP contribution in [-0.4, -0.2) is 27.0 Å². The third-order valence-electron chi connectivity index (χ3n) is 3.32. The van der Waals surface area contributed by atoms with Gasteiger partial charge in [-0.2, -0.15) is 0 Å². The molecule has 1 aromatic rings. The lowest BCUT2D eigenvalue weighted by Gasteiger charge is -2.22. The number of carboxylic acids is 1.